The molecule has 1 aliphatic rings. The van der Waals surface area contributed by atoms with E-state index in [0.717, 1.165) is 26.2 Å². The number of ether oxygens (including phenoxy) is 1. The lowest BCUT2D eigenvalue weighted by atomic mass is 10.1. The van der Waals surface area contributed by atoms with Crippen LogP contribution in [0.25, 0.3) is 0 Å². The van der Waals surface area contributed by atoms with Gasteiger partial charge in [0.2, 0.25) is 5.88 Å². The molecule has 0 radical (unpaired) electrons. The molecule has 0 N–H and O–H groups in total. The lowest BCUT2D eigenvalue weighted by molar-refractivity contribution is 0.0664. The van der Waals surface area contributed by atoms with Crippen LogP contribution in [0.2, 0.25) is 0 Å². The number of likely N-dealkylation sites (N-methyl/N-ethyl adjacent to an activating group) is 1. The molecule has 114 valence electrons. The molecule has 0 aliphatic carbocycles. The minimum atomic E-state index is 0.0552. The van der Waals surface area contributed by atoms with Crippen LogP contribution in [0.4, 0.5) is 0 Å². The van der Waals surface area contributed by atoms with Crippen molar-refractivity contribution in [1.82, 2.24) is 14.8 Å². The molecule has 0 atom stereocenters. The van der Waals surface area contributed by atoms with Crippen LogP contribution in [0.1, 0.15) is 10.4 Å². The van der Waals surface area contributed by atoms with E-state index in [4.69, 9.17) is 4.74 Å². The zero-order valence-electron chi connectivity index (χ0n) is 12.6. The van der Waals surface area contributed by atoms with Gasteiger partial charge in [-0.2, -0.15) is 0 Å². The van der Waals surface area contributed by atoms with Crippen molar-refractivity contribution in [2.45, 2.75) is 0 Å². The number of hydrogen-bond acceptors (Lipinski definition) is 4. The molecular weight excluding hydrogens is 278 g/mol. The Kier molecular flexibility index (Phi) is 4.34. The Morgan fingerprint density at radius 2 is 1.91 bits per heavy atom. The van der Waals surface area contributed by atoms with Crippen LogP contribution >= 0.6 is 0 Å². The predicted molar refractivity (Wildman–Crippen MR) is 84.2 cm³/mol. The normalized spacial score (nSPS) is 15.6. The van der Waals surface area contributed by atoms with E-state index < -0.39 is 0 Å². The number of aromatic nitrogens is 1. The predicted octanol–water partition coefficient (Wildman–Crippen LogP) is 2.26. The van der Waals surface area contributed by atoms with Crippen molar-refractivity contribution in [2.24, 2.45) is 0 Å². The largest absolute Gasteiger partial charge is 0.439 e. The number of carbonyl (C=O) groups excluding carboxylic acids is 1. The molecule has 0 bridgehead atoms. The van der Waals surface area contributed by atoms with Gasteiger partial charge in [-0.05, 0) is 31.3 Å². The highest BCUT2D eigenvalue weighted by molar-refractivity contribution is 5.94. The van der Waals surface area contributed by atoms with Gasteiger partial charge in [-0.1, -0.05) is 12.1 Å². The van der Waals surface area contributed by atoms with E-state index in [9.17, 15) is 4.79 Å². The molecule has 5 heteroatoms. The second-order valence-electron chi connectivity index (χ2n) is 5.39. The molecule has 3 rings (SSSR count). The van der Waals surface area contributed by atoms with Crippen LogP contribution in [0.5, 0.6) is 11.6 Å². The van der Waals surface area contributed by atoms with E-state index in [1.807, 2.05) is 35.2 Å². The van der Waals surface area contributed by atoms with E-state index >= 15 is 0 Å². The first-order chi connectivity index (χ1) is 10.7. The van der Waals surface area contributed by atoms with Crippen LogP contribution < -0.4 is 4.74 Å². The van der Waals surface area contributed by atoms with Crippen molar-refractivity contribution < 1.29 is 9.53 Å². The Morgan fingerprint density at radius 1 is 1.09 bits per heavy atom. The fraction of sp³-hybridized carbons (Fsp3) is 0.294. The standard InChI is InChI=1S/C17H19N3O2/c1-19-9-11-20(12-10-19)17(21)14-5-4-6-15(13-14)22-16-7-2-3-8-18-16/h2-8,13H,9-12H2,1H3. The fourth-order valence-electron chi connectivity index (χ4n) is 2.41. The van der Waals surface area contributed by atoms with E-state index in [-0.39, 0.29) is 5.91 Å². The Hall–Kier alpha value is -2.40. The Bertz CT molecular complexity index is 637. The van der Waals surface area contributed by atoms with Crippen molar-refractivity contribution in [1.29, 1.82) is 0 Å². The van der Waals surface area contributed by atoms with Gasteiger partial charge in [0.15, 0.2) is 0 Å². The van der Waals surface area contributed by atoms with E-state index in [0.29, 0.717) is 17.2 Å². The van der Waals surface area contributed by atoms with Crippen molar-refractivity contribution in [3.63, 3.8) is 0 Å². The van der Waals surface area contributed by atoms with E-state index in [1.54, 1.807) is 18.3 Å². The topological polar surface area (TPSA) is 45.7 Å². The number of nitrogens with zero attached hydrogens (tertiary/aromatic N) is 3. The number of piperazine rings is 1. The summed E-state index contributed by atoms with van der Waals surface area (Å²) in [6.45, 7) is 3.35. The second kappa shape index (κ2) is 6.58. The monoisotopic (exact) mass is 297 g/mol. The molecule has 1 aromatic carbocycles. The zero-order chi connectivity index (χ0) is 15.4. The zero-order valence-corrected chi connectivity index (χ0v) is 12.6. The Labute approximate surface area is 130 Å². The first-order valence-electron chi connectivity index (χ1n) is 7.39. The molecule has 0 unspecified atom stereocenters. The summed E-state index contributed by atoms with van der Waals surface area (Å²) in [5.74, 6) is 1.20. The summed E-state index contributed by atoms with van der Waals surface area (Å²) < 4.78 is 5.68. The van der Waals surface area contributed by atoms with Crippen molar-refractivity contribution >= 4 is 5.91 Å². The number of carbonyl (C=O) groups is 1. The third-order valence-corrected chi connectivity index (χ3v) is 3.73. The summed E-state index contributed by atoms with van der Waals surface area (Å²) in [7, 11) is 2.07. The summed E-state index contributed by atoms with van der Waals surface area (Å²) in [4.78, 5) is 20.8. The average molecular weight is 297 g/mol. The minimum absolute atomic E-state index is 0.0552. The molecule has 1 fully saturated rings. The summed E-state index contributed by atoms with van der Waals surface area (Å²) in [5.41, 5.74) is 0.651. The lowest BCUT2D eigenvalue weighted by Gasteiger charge is -2.32. The van der Waals surface area contributed by atoms with E-state index in [2.05, 4.69) is 16.9 Å². The third-order valence-electron chi connectivity index (χ3n) is 3.73. The van der Waals surface area contributed by atoms with Crippen molar-refractivity contribution in [3.05, 3.63) is 54.2 Å². The lowest BCUT2D eigenvalue weighted by Crippen LogP contribution is -2.47. The summed E-state index contributed by atoms with van der Waals surface area (Å²) in [5, 5.41) is 0. The number of rotatable bonds is 3. The molecule has 1 aromatic heterocycles. The van der Waals surface area contributed by atoms with Crippen LogP contribution in [-0.2, 0) is 0 Å². The number of amides is 1. The highest BCUT2D eigenvalue weighted by Crippen LogP contribution is 2.21. The van der Waals surface area contributed by atoms with Gasteiger partial charge in [0.25, 0.3) is 5.91 Å². The number of hydrogen-bond donors (Lipinski definition) is 0. The van der Waals surface area contributed by atoms with Crippen molar-refractivity contribution in [3.8, 4) is 11.6 Å². The average Bonchev–Trinajstić information content (AvgIpc) is 2.56. The maximum atomic E-state index is 12.5. The smallest absolute Gasteiger partial charge is 0.254 e. The first-order valence-corrected chi connectivity index (χ1v) is 7.39. The van der Waals surface area contributed by atoms with Crippen molar-refractivity contribution in [2.75, 3.05) is 33.2 Å². The quantitative estimate of drug-likeness (QED) is 0.872. The molecule has 2 aromatic rings. The summed E-state index contributed by atoms with van der Waals surface area (Å²) in [6.07, 6.45) is 1.68. The van der Waals surface area contributed by atoms with Gasteiger partial charge in [-0.25, -0.2) is 4.98 Å². The number of benzene rings is 1. The fourth-order valence-corrected chi connectivity index (χ4v) is 2.41. The molecule has 0 spiro atoms. The molecule has 2 heterocycles. The van der Waals surface area contributed by atoms with Gasteiger partial charge < -0.3 is 14.5 Å². The SMILES string of the molecule is CN1CCN(C(=O)c2cccc(Oc3ccccn3)c2)CC1. The molecule has 1 aliphatic heterocycles. The van der Waals surface area contributed by atoms with Gasteiger partial charge in [0.05, 0.1) is 0 Å². The molecular formula is C17H19N3O2. The van der Waals surface area contributed by atoms with Gasteiger partial charge in [-0.15, -0.1) is 0 Å². The molecule has 5 nitrogen and oxygen atoms in total. The van der Waals surface area contributed by atoms with Gasteiger partial charge >= 0.3 is 0 Å². The molecule has 0 saturated carbocycles. The van der Waals surface area contributed by atoms with Crippen LogP contribution in [0.3, 0.4) is 0 Å². The third kappa shape index (κ3) is 3.43. The van der Waals surface area contributed by atoms with Gasteiger partial charge in [0, 0.05) is 44.0 Å². The first kappa shape index (κ1) is 14.5. The maximum Gasteiger partial charge on any atom is 0.254 e. The summed E-state index contributed by atoms with van der Waals surface area (Å²) >= 11 is 0. The van der Waals surface area contributed by atoms with Gasteiger partial charge in [-0.3, -0.25) is 4.79 Å². The Morgan fingerprint density at radius 3 is 2.64 bits per heavy atom. The summed E-state index contributed by atoms with van der Waals surface area (Å²) in [6, 6.07) is 12.7. The highest BCUT2D eigenvalue weighted by Gasteiger charge is 2.20. The van der Waals surface area contributed by atoms with E-state index in [1.165, 1.54) is 0 Å². The molecule has 22 heavy (non-hydrogen) atoms. The Balaban J connectivity index is 1.72. The maximum absolute atomic E-state index is 12.5. The highest BCUT2D eigenvalue weighted by atomic mass is 16.5. The number of pyridine rings is 1. The minimum Gasteiger partial charge on any atom is -0.439 e. The molecule has 1 saturated heterocycles. The molecule has 1 amide bonds. The van der Waals surface area contributed by atoms with Gasteiger partial charge in [0.1, 0.15) is 5.75 Å². The second-order valence-corrected chi connectivity index (χ2v) is 5.39. The van der Waals surface area contributed by atoms with Crippen LogP contribution in [0, 0.1) is 0 Å². The van der Waals surface area contributed by atoms with Crippen LogP contribution in [0.15, 0.2) is 48.7 Å². The van der Waals surface area contributed by atoms with Crippen LogP contribution in [-0.4, -0.2) is 53.9 Å².